The summed E-state index contributed by atoms with van der Waals surface area (Å²) in [5.41, 5.74) is 3.37. The van der Waals surface area contributed by atoms with Crippen LogP contribution in [-0.4, -0.2) is 27.7 Å². The van der Waals surface area contributed by atoms with E-state index in [1.54, 1.807) is 29.8 Å². The molecule has 1 saturated carbocycles. The van der Waals surface area contributed by atoms with Crippen LogP contribution in [0.1, 0.15) is 41.9 Å². The number of fused-ring (bicyclic) bond motifs is 1. The molecule has 0 bridgehead atoms. The van der Waals surface area contributed by atoms with Gasteiger partial charge >= 0.3 is 0 Å². The van der Waals surface area contributed by atoms with Crippen molar-refractivity contribution in [3.8, 4) is 11.4 Å². The minimum Gasteiger partial charge on any atom is -0.479 e. The van der Waals surface area contributed by atoms with Gasteiger partial charge in [-0.1, -0.05) is 18.2 Å². The fourth-order valence-corrected chi connectivity index (χ4v) is 3.39. The van der Waals surface area contributed by atoms with E-state index in [2.05, 4.69) is 15.7 Å². The molecule has 2 heterocycles. The summed E-state index contributed by atoms with van der Waals surface area (Å²) in [6.07, 6.45) is 1.68. The van der Waals surface area contributed by atoms with Crippen LogP contribution < -0.4 is 15.4 Å². The highest BCUT2D eigenvalue weighted by atomic mass is 16.5. The van der Waals surface area contributed by atoms with E-state index in [1.807, 2.05) is 36.4 Å². The number of amides is 2. The minimum absolute atomic E-state index is 0.211. The standard InChI is InChI=1S/C22H20N4O3/c1-13-21(27)24-18-11-15(9-10-20(18)29-13)23-22(28)19-12-17(14-7-8-14)25-26(19)16-5-3-2-4-6-16/h2-6,9-14H,7-8H2,1H3,(H,23,28)(H,24,27)/t13-/m0/s1. The lowest BCUT2D eigenvalue weighted by Gasteiger charge is -2.23. The zero-order valence-electron chi connectivity index (χ0n) is 15.9. The number of ether oxygens (including phenoxy) is 1. The molecule has 2 N–H and O–H groups in total. The molecule has 2 amide bonds. The molecular formula is C22H20N4O3. The second kappa shape index (κ2) is 6.77. The lowest BCUT2D eigenvalue weighted by molar-refractivity contribution is -0.122. The number of carbonyl (C=O) groups excluding carboxylic acids is 2. The smallest absolute Gasteiger partial charge is 0.274 e. The number of para-hydroxylation sites is 1. The first kappa shape index (κ1) is 17.5. The van der Waals surface area contributed by atoms with Crippen LogP contribution in [0, 0.1) is 0 Å². The van der Waals surface area contributed by atoms with E-state index in [-0.39, 0.29) is 11.8 Å². The third-order valence-corrected chi connectivity index (χ3v) is 5.13. The highest BCUT2D eigenvalue weighted by Crippen LogP contribution is 2.40. The average molecular weight is 388 g/mol. The molecule has 29 heavy (non-hydrogen) atoms. The number of nitrogens with one attached hydrogen (secondary N) is 2. The van der Waals surface area contributed by atoms with E-state index in [0.717, 1.165) is 24.2 Å². The maximum atomic E-state index is 13.1. The van der Waals surface area contributed by atoms with Gasteiger partial charge in [0.2, 0.25) is 0 Å². The Morgan fingerprint density at radius 2 is 1.97 bits per heavy atom. The number of nitrogens with zero attached hydrogens (tertiary/aromatic N) is 2. The zero-order chi connectivity index (χ0) is 20.0. The molecule has 2 aliphatic rings. The molecule has 7 heteroatoms. The van der Waals surface area contributed by atoms with Crippen LogP contribution >= 0.6 is 0 Å². The molecule has 1 aromatic heterocycles. The van der Waals surface area contributed by atoms with Crippen LogP contribution in [0.25, 0.3) is 5.69 Å². The van der Waals surface area contributed by atoms with Crippen molar-refractivity contribution in [1.29, 1.82) is 0 Å². The van der Waals surface area contributed by atoms with Crippen molar-refractivity contribution in [3.63, 3.8) is 0 Å². The molecule has 0 saturated heterocycles. The summed E-state index contributed by atoms with van der Waals surface area (Å²) >= 11 is 0. The normalized spacial score (nSPS) is 17.8. The van der Waals surface area contributed by atoms with Gasteiger partial charge in [-0.25, -0.2) is 4.68 Å². The highest BCUT2D eigenvalue weighted by Gasteiger charge is 2.29. The largest absolute Gasteiger partial charge is 0.479 e. The summed E-state index contributed by atoms with van der Waals surface area (Å²) in [6, 6.07) is 16.7. The molecule has 1 aliphatic heterocycles. The van der Waals surface area contributed by atoms with Crippen molar-refractivity contribution in [2.75, 3.05) is 10.6 Å². The van der Waals surface area contributed by atoms with E-state index >= 15 is 0 Å². The Bertz CT molecular complexity index is 1100. The lowest BCUT2D eigenvalue weighted by Crippen LogP contribution is -2.34. The molecule has 2 aromatic carbocycles. The van der Waals surface area contributed by atoms with Gasteiger partial charge < -0.3 is 15.4 Å². The van der Waals surface area contributed by atoms with Crippen molar-refractivity contribution >= 4 is 23.2 Å². The quantitative estimate of drug-likeness (QED) is 0.713. The summed E-state index contributed by atoms with van der Waals surface area (Å²) < 4.78 is 7.25. The van der Waals surface area contributed by atoms with Crippen LogP contribution in [0.3, 0.4) is 0 Å². The van der Waals surface area contributed by atoms with Gasteiger partial charge in [-0.15, -0.1) is 0 Å². The maximum Gasteiger partial charge on any atom is 0.274 e. The van der Waals surface area contributed by atoms with E-state index in [1.165, 1.54) is 0 Å². The molecule has 146 valence electrons. The van der Waals surface area contributed by atoms with Gasteiger partial charge in [-0.05, 0) is 56.2 Å². The number of hydrogen-bond donors (Lipinski definition) is 2. The number of benzene rings is 2. The fraction of sp³-hybridized carbons (Fsp3) is 0.227. The maximum absolute atomic E-state index is 13.1. The molecule has 0 spiro atoms. The van der Waals surface area contributed by atoms with Crippen LogP contribution in [0.2, 0.25) is 0 Å². The van der Waals surface area contributed by atoms with Crippen LogP contribution in [0.15, 0.2) is 54.6 Å². The van der Waals surface area contributed by atoms with E-state index in [0.29, 0.717) is 28.7 Å². The summed E-state index contributed by atoms with van der Waals surface area (Å²) in [7, 11) is 0. The first-order valence-electron chi connectivity index (χ1n) is 9.67. The third-order valence-electron chi connectivity index (χ3n) is 5.13. The van der Waals surface area contributed by atoms with Gasteiger partial charge in [0.05, 0.1) is 17.1 Å². The fourth-order valence-electron chi connectivity index (χ4n) is 3.39. The molecule has 1 fully saturated rings. The van der Waals surface area contributed by atoms with Gasteiger partial charge in [0, 0.05) is 11.6 Å². The van der Waals surface area contributed by atoms with Gasteiger partial charge in [0.15, 0.2) is 6.10 Å². The minimum atomic E-state index is -0.538. The Balaban J connectivity index is 1.44. The van der Waals surface area contributed by atoms with Gasteiger partial charge in [0.25, 0.3) is 11.8 Å². The molecule has 0 unspecified atom stereocenters. The Kier molecular flexibility index (Phi) is 4.08. The first-order valence-corrected chi connectivity index (χ1v) is 9.67. The second-order valence-corrected chi connectivity index (χ2v) is 7.39. The number of hydrogen-bond acceptors (Lipinski definition) is 4. The zero-order valence-corrected chi connectivity index (χ0v) is 15.9. The van der Waals surface area contributed by atoms with Crippen molar-refractivity contribution < 1.29 is 14.3 Å². The Morgan fingerprint density at radius 1 is 1.17 bits per heavy atom. The summed E-state index contributed by atoms with van der Waals surface area (Å²) in [4.78, 5) is 24.9. The van der Waals surface area contributed by atoms with Crippen LogP contribution in [0.4, 0.5) is 11.4 Å². The topological polar surface area (TPSA) is 85.2 Å². The van der Waals surface area contributed by atoms with Gasteiger partial charge in [-0.3, -0.25) is 9.59 Å². The van der Waals surface area contributed by atoms with Crippen molar-refractivity contribution in [3.05, 3.63) is 66.0 Å². The van der Waals surface area contributed by atoms with Crippen molar-refractivity contribution in [1.82, 2.24) is 9.78 Å². The molecule has 1 aliphatic carbocycles. The number of carbonyl (C=O) groups is 2. The third kappa shape index (κ3) is 3.35. The molecule has 3 aromatic rings. The average Bonchev–Trinajstić information content (AvgIpc) is 3.48. The summed E-state index contributed by atoms with van der Waals surface area (Å²) in [5, 5.41) is 10.4. The molecule has 5 rings (SSSR count). The predicted octanol–water partition coefficient (Wildman–Crippen LogP) is 3.72. The van der Waals surface area contributed by atoms with Crippen LogP contribution in [0.5, 0.6) is 5.75 Å². The van der Waals surface area contributed by atoms with Gasteiger partial charge in [-0.2, -0.15) is 5.10 Å². The number of rotatable bonds is 4. The van der Waals surface area contributed by atoms with E-state index in [4.69, 9.17) is 4.74 Å². The van der Waals surface area contributed by atoms with E-state index in [9.17, 15) is 9.59 Å². The Hall–Kier alpha value is -3.61. The molecule has 0 radical (unpaired) electrons. The van der Waals surface area contributed by atoms with E-state index < -0.39 is 6.10 Å². The van der Waals surface area contributed by atoms with Crippen molar-refractivity contribution in [2.45, 2.75) is 31.8 Å². The SMILES string of the molecule is C[C@@H]1Oc2ccc(NC(=O)c3cc(C4CC4)nn3-c3ccccc3)cc2NC1=O. The van der Waals surface area contributed by atoms with Gasteiger partial charge in [0.1, 0.15) is 11.4 Å². The Morgan fingerprint density at radius 3 is 2.72 bits per heavy atom. The van der Waals surface area contributed by atoms with Crippen molar-refractivity contribution in [2.24, 2.45) is 0 Å². The Labute approximate surface area is 167 Å². The molecule has 7 nitrogen and oxygen atoms in total. The first-order chi connectivity index (χ1) is 14.1. The molecule has 1 atom stereocenters. The number of aromatic nitrogens is 2. The molecular weight excluding hydrogens is 368 g/mol. The lowest BCUT2D eigenvalue weighted by atomic mass is 10.2. The van der Waals surface area contributed by atoms with Crippen LogP contribution in [-0.2, 0) is 4.79 Å². The number of anilines is 2. The highest BCUT2D eigenvalue weighted by molar-refractivity contribution is 6.04. The predicted molar refractivity (Wildman–Crippen MR) is 109 cm³/mol. The monoisotopic (exact) mass is 388 g/mol. The second-order valence-electron chi connectivity index (χ2n) is 7.39. The summed E-state index contributed by atoms with van der Waals surface area (Å²) in [5.74, 6) is 0.548. The summed E-state index contributed by atoms with van der Waals surface area (Å²) in [6.45, 7) is 1.69.